The van der Waals surface area contributed by atoms with Gasteiger partial charge in [0, 0.05) is 11.1 Å². The van der Waals surface area contributed by atoms with Gasteiger partial charge < -0.3 is 4.55 Å². The lowest BCUT2D eigenvalue weighted by Crippen LogP contribution is -2.27. The van der Waals surface area contributed by atoms with E-state index in [1.807, 2.05) is 7.05 Å². The summed E-state index contributed by atoms with van der Waals surface area (Å²) in [5, 5.41) is 0. The van der Waals surface area contributed by atoms with Crippen LogP contribution >= 0.6 is 0 Å². The first-order valence-corrected chi connectivity index (χ1v) is 5.80. The lowest BCUT2D eigenvalue weighted by molar-refractivity contribution is -0.672. The molecule has 8 heteroatoms. The molecule has 0 radical (unpaired) electrons. The van der Waals surface area contributed by atoms with E-state index in [-0.39, 0.29) is 0 Å². The van der Waals surface area contributed by atoms with Crippen molar-refractivity contribution in [1.82, 2.24) is 0 Å². The summed E-state index contributed by atoms with van der Waals surface area (Å²) in [5.74, 6) is 0. The van der Waals surface area contributed by atoms with Crippen LogP contribution in [0.5, 0.6) is 0 Å². The molecule has 0 atom stereocenters. The Hall–Kier alpha value is -1.15. The first-order chi connectivity index (χ1) is 7.43. The van der Waals surface area contributed by atoms with Crippen LogP contribution in [-0.4, -0.2) is 18.5 Å². The van der Waals surface area contributed by atoms with Crippen LogP contribution in [0.2, 0.25) is 0 Å². The topological polar surface area (TPSA) is 61.1 Å². The highest BCUT2D eigenvalue weighted by Crippen LogP contribution is 2.20. The minimum Gasteiger partial charge on any atom is -0.741 e. The van der Waals surface area contributed by atoms with Gasteiger partial charge in [-0.05, 0) is 19.9 Å². The molecule has 0 amide bonds. The maximum Gasteiger partial charge on any atom is 0.485 e. The highest BCUT2D eigenvalue weighted by atomic mass is 32.2. The minimum absolute atomic E-state index is 1.32. The van der Waals surface area contributed by atoms with Crippen LogP contribution in [0, 0.1) is 13.8 Å². The predicted molar refractivity (Wildman–Crippen MR) is 52.8 cm³/mol. The molecule has 4 nitrogen and oxygen atoms in total. The van der Waals surface area contributed by atoms with Crippen LogP contribution in [0.3, 0.4) is 0 Å². The first-order valence-electron chi connectivity index (χ1n) is 4.39. The van der Waals surface area contributed by atoms with E-state index < -0.39 is 15.6 Å². The van der Waals surface area contributed by atoms with Crippen LogP contribution < -0.4 is 4.57 Å². The smallest absolute Gasteiger partial charge is 0.485 e. The zero-order valence-electron chi connectivity index (χ0n) is 9.45. The zero-order valence-corrected chi connectivity index (χ0v) is 10.3. The highest BCUT2D eigenvalue weighted by Gasteiger charge is 2.36. The summed E-state index contributed by atoms with van der Waals surface area (Å²) in [6.45, 7) is 4.21. The molecule has 0 spiro atoms. The summed E-state index contributed by atoms with van der Waals surface area (Å²) in [7, 11) is -4.05. The molecule has 0 aliphatic rings. The summed E-state index contributed by atoms with van der Waals surface area (Å²) in [6, 6.07) is 2.17. The van der Waals surface area contributed by atoms with E-state index in [0.29, 0.717) is 0 Å². The zero-order chi connectivity index (χ0) is 13.9. The molecule has 1 heterocycles. The van der Waals surface area contributed by atoms with Gasteiger partial charge in [-0.3, -0.25) is 0 Å². The molecule has 0 aromatic carbocycles. The molecule has 1 aromatic rings. The fourth-order valence-corrected chi connectivity index (χ4v) is 1.11. The van der Waals surface area contributed by atoms with Crippen molar-refractivity contribution in [3.05, 3.63) is 29.6 Å². The SMILES string of the molecule is Cc1cc(C)c[n+](C)c1.O=S(=O)([O-])C(F)(F)F. The van der Waals surface area contributed by atoms with Crippen molar-refractivity contribution in [2.24, 2.45) is 7.05 Å². The Morgan fingerprint density at radius 3 is 1.65 bits per heavy atom. The van der Waals surface area contributed by atoms with Crippen LogP contribution in [-0.2, 0) is 17.2 Å². The molecule has 0 N–H and O–H groups in total. The molecule has 17 heavy (non-hydrogen) atoms. The third-order valence-electron chi connectivity index (χ3n) is 1.55. The molecule has 0 aliphatic carbocycles. The number of aromatic nitrogens is 1. The molecule has 1 rings (SSSR count). The van der Waals surface area contributed by atoms with Crippen molar-refractivity contribution < 1.29 is 30.7 Å². The van der Waals surface area contributed by atoms with Crippen LogP contribution in [0.15, 0.2) is 18.5 Å². The summed E-state index contributed by atoms with van der Waals surface area (Å²) < 4.78 is 61.0. The Morgan fingerprint density at radius 2 is 1.47 bits per heavy atom. The number of pyridine rings is 1. The quantitative estimate of drug-likeness (QED) is 0.404. The van der Waals surface area contributed by atoms with E-state index >= 15 is 0 Å². The predicted octanol–water partition coefficient (Wildman–Crippen LogP) is 1.18. The van der Waals surface area contributed by atoms with Gasteiger partial charge in [0.05, 0.1) is 0 Å². The number of halogens is 3. The maximum atomic E-state index is 10.7. The molecule has 0 saturated heterocycles. The number of nitrogens with zero attached hydrogens (tertiary/aromatic N) is 1. The van der Waals surface area contributed by atoms with E-state index in [9.17, 15) is 13.2 Å². The molecule has 0 fully saturated rings. The van der Waals surface area contributed by atoms with Crippen LogP contribution in [0.1, 0.15) is 11.1 Å². The van der Waals surface area contributed by atoms with Crippen LogP contribution in [0.25, 0.3) is 0 Å². The maximum absolute atomic E-state index is 10.7. The average molecular weight is 271 g/mol. The summed E-state index contributed by atoms with van der Waals surface area (Å²) in [4.78, 5) is 0. The fraction of sp³-hybridized carbons (Fsp3) is 0.444. The van der Waals surface area contributed by atoms with Crippen molar-refractivity contribution in [3.8, 4) is 0 Å². The third-order valence-corrected chi connectivity index (χ3v) is 2.12. The second kappa shape index (κ2) is 5.46. The Kier molecular flexibility index (Phi) is 5.09. The molecule has 0 bridgehead atoms. The standard InChI is InChI=1S/C8H12N.CHF3O3S/c1-7-4-8(2)6-9(3)5-7;2-1(3,4)8(5,6)7/h4-6H,1-3H3;(H,5,6,7)/q+1;/p-1. The number of hydrogen-bond acceptors (Lipinski definition) is 3. The number of alkyl halides is 3. The Morgan fingerprint density at radius 1 is 1.18 bits per heavy atom. The van der Waals surface area contributed by atoms with E-state index in [1.54, 1.807) is 0 Å². The van der Waals surface area contributed by atoms with Gasteiger partial charge in [0.15, 0.2) is 22.5 Å². The van der Waals surface area contributed by atoms with Gasteiger partial charge in [0.2, 0.25) is 0 Å². The van der Waals surface area contributed by atoms with Crippen LogP contribution in [0.4, 0.5) is 13.2 Å². The Balaban J connectivity index is 0.000000304. The lowest BCUT2D eigenvalue weighted by atomic mass is 10.2. The molecule has 0 saturated carbocycles. The van der Waals surface area contributed by atoms with Gasteiger partial charge in [-0.25, -0.2) is 13.0 Å². The number of rotatable bonds is 0. The van der Waals surface area contributed by atoms with Gasteiger partial charge in [-0.15, -0.1) is 0 Å². The minimum atomic E-state index is -6.09. The second-order valence-corrected chi connectivity index (χ2v) is 4.83. The van der Waals surface area contributed by atoms with E-state index in [2.05, 4.69) is 36.9 Å². The molecule has 0 unspecified atom stereocenters. The summed E-state index contributed by atoms with van der Waals surface area (Å²) >= 11 is 0. The highest BCUT2D eigenvalue weighted by molar-refractivity contribution is 7.86. The second-order valence-electron chi connectivity index (χ2n) is 3.46. The Bertz CT molecular complexity index is 432. The largest absolute Gasteiger partial charge is 0.741 e. The van der Waals surface area contributed by atoms with Gasteiger partial charge in [-0.2, -0.15) is 13.2 Å². The molecule has 1 aromatic heterocycles. The summed E-state index contributed by atoms with van der Waals surface area (Å²) in [6.07, 6.45) is 4.21. The Labute approximate surface area is 97.5 Å². The van der Waals surface area contributed by atoms with Crippen molar-refractivity contribution in [1.29, 1.82) is 0 Å². The van der Waals surface area contributed by atoms with E-state index in [4.69, 9.17) is 13.0 Å². The first kappa shape index (κ1) is 15.9. The van der Waals surface area contributed by atoms with Crippen molar-refractivity contribution in [2.45, 2.75) is 19.4 Å². The van der Waals surface area contributed by atoms with E-state index in [1.165, 1.54) is 11.1 Å². The molecular formula is C9H12F3NO3S. The van der Waals surface area contributed by atoms with E-state index in [0.717, 1.165) is 0 Å². The van der Waals surface area contributed by atoms with Gasteiger partial charge in [-0.1, -0.05) is 0 Å². The summed E-state index contributed by atoms with van der Waals surface area (Å²) in [5.41, 5.74) is -3.01. The van der Waals surface area contributed by atoms with Gasteiger partial charge >= 0.3 is 5.51 Å². The van der Waals surface area contributed by atoms with Crippen molar-refractivity contribution in [3.63, 3.8) is 0 Å². The average Bonchev–Trinajstić information content (AvgIpc) is 1.96. The number of aryl methyl sites for hydroxylation is 3. The molecular weight excluding hydrogens is 259 g/mol. The van der Waals surface area contributed by atoms with Gasteiger partial charge in [0.25, 0.3) is 0 Å². The van der Waals surface area contributed by atoms with Gasteiger partial charge in [0.1, 0.15) is 7.05 Å². The number of hydrogen-bond donors (Lipinski definition) is 0. The lowest BCUT2D eigenvalue weighted by Gasteiger charge is -2.08. The normalized spacial score (nSPS) is 11.7. The monoisotopic (exact) mass is 271 g/mol. The van der Waals surface area contributed by atoms with Crippen molar-refractivity contribution >= 4 is 10.1 Å². The third kappa shape index (κ3) is 6.22. The van der Waals surface area contributed by atoms with Crippen molar-refractivity contribution in [2.75, 3.05) is 0 Å². The molecule has 0 aliphatic heterocycles. The molecule has 98 valence electrons. The fourth-order valence-electron chi connectivity index (χ4n) is 1.11.